The third kappa shape index (κ3) is 2.85. The first-order chi connectivity index (χ1) is 10.3. The van der Waals surface area contributed by atoms with E-state index >= 15 is 0 Å². The van der Waals surface area contributed by atoms with Crippen LogP contribution in [-0.4, -0.2) is 21.0 Å². The molecule has 0 bridgehead atoms. The van der Waals surface area contributed by atoms with Gasteiger partial charge in [-0.15, -0.1) is 13.2 Å². The molecule has 8 heteroatoms. The standard InChI is InChI=1S/C14H9ClF3N3O/c1-8-5-12-19-7-11(21(12)20-13(8)15)9-3-2-4-10(6-9)22-14(16,17)18/h2-7H,1H3. The highest BCUT2D eigenvalue weighted by Gasteiger charge is 2.31. The number of aryl methyl sites for hydroxylation is 1. The number of aromatic nitrogens is 3. The number of nitrogens with zero attached hydrogens (tertiary/aromatic N) is 3. The van der Waals surface area contributed by atoms with Crippen LogP contribution < -0.4 is 4.74 Å². The second-order valence-electron chi connectivity index (χ2n) is 4.61. The lowest BCUT2D eigenvalue weighted by Gasteiger charge is -2.10. The van der Waals surface area contributed by atoms with Gasteiger partial charge in [-0.1, -0.05) is 23.7 Å². The van der Waals surface area contributed by atoms with Gasteiger partial charge in [-0.25, -0.2) is 9.50 Å². The van der Waals surface area contributed by atoms with E-state index in [0.717, 1.165) is 5.56 Å². The Bertz CT molecular complexity index is 845. The predicted molar refractivity (Wildman–Crippen MR) is 74.9 cm³/mol. The van der Waals surface area contributed by atoms with Gasteiger partial charge >= 0.3 is 6.36 Å². The van der Waals surface area contributed by atoms with Crippen LogP contribution in [0.3, 0.4) is 0 Å². The zero-order valence-electron chi connectivity index (χ0n) is 11.2. The van der Waals surface area contributed by atoms with Crippen LogP contribution in [0, 0.1) is 6.92 Å². The number of hydrogen-bond donors (Lipinski definition) is 0. The van der Waals surface area contributed by atoms with Crippen molar-refractivity contribution in [3.63, 3.8) is 0 Å². The van der Waals surface area contributed by atoms with Gasteiger partial charge in [0, 0.05) is 5.56 Å². The van der Waals surface area contributed by atoms with Crippen molar-refractivity contribution in [1.29, 1.82) is 0 Å². The minimum Gasteiger partial charge on any atom is -0.406 e. The second kappa shape index (κ2) is 5.17. The summed E-state index contributed by atoms with van der Waals surface area (Å²) in [6.45, 7) is 1.79. The molecule has 0 saturated carbocycles. The molecule has 0 aliphatic rings. The molecule has 2 aromatic heterocycles. The van der Waals surface area contributed by atoms with Crippen molar-refractivity contribution in [3.05, 3.63) is 47.2 Å². The first-order valence-corrected chi connectivity index (χ1v) is 6.58. The van der Waals surface area contributed by atoms with E-state index in [9.17, 15) is 13.2 Å². The van der Waals surface area contributed by atoms with Crippen LogP contribution >= 0.6 is 11.6 Å². The summed E-state index contributed by atoms with van der Waals surface area (Å²) in [7, 11) is 0. The minimum atomic E-state index is -4.74. The average molecular weight is 328 g/mol. The molecule has 0 atom stereocenters. The third-order valence-electron chi connectivity index (χ3n) is 2.99. The lowest BCUT2D eigenvalue weighted by molar-refractivity contribution is -0.274. The largest absolute Gasteiger partial charge is 0.573 e. The molecule has 3 aromatic rings. The molecule has 0 N–H and O–H groups in total. The van der Waals surface area contributed by atoms with E-state index in [2.05, 4.69) is 14.8 Å². The number of fused-ring (bicyclic) bond motifs is 1. The van der Waals surface area contributed by atoms with Crippen LogP contribution in [0.5, 0.6) is 5.75 Å². The highest BCUT2D eigenvalue weighted by Crippen LogP contribution is 2.28. The van der Waals surface area contributed by atoms with E-state index in [1.54, 1.807) is 19.1 Å². The van der Waals surface area contributed by atoms with E-state index in [1.807, 2.05) is 0 Å². The first kappa shape index (κ1) is 14.6. The molecule has 3 rings (SSSR count). The van der Waals surface area contributed by atoms with E-state index in [0.29, 0.717) is 22.1 Å². The maximum Gasteiger partial charge on any atom is 0.573 e. The molecule has 0 aliphatic carbocycles. The molecule has 0 fully saturated rings. The molecule has 1 aromatic carbocycles. The molecule has 0 spiro atoms. The second-order valence-corrected chi connectivity index (χ2v) is 4.97. The van der Waals surface area contributed by atoms with Gasteiger partial charge in [0.15, 0.2) is 10.8 Å². The number of ether oxygens (including phenoxy) is 1. The topological polar surface area (TPSA) is 39.4 Å². The summed E-state index contributed by atoms with van der Waals surface area (Å²) in [6.07, 6.45) is -3.22. The lowest BCUT2D eigenvalue weighted by Crippen LogP contribution is -2.17. The summed E-state index contributed by atoms with van der Waals surface area (Å²) < 4.78 is 42.3. The molecule has 0 amide bonds. The number of rotatable bonds is 2. The van der Waals surface area contributed by atoms with Crippen molar-refractivity contribution >= 4 is 17.2 Å². The number of halogens is 4. The Kier molecular flexibility index (Phi) is 3.44. The van der Waals surface area contributed by atoms with E-state index in [1.165, 1.54) is 28.9 Å². The highest BCUT2D eigenvalue weighted by atomic mass is 35.5. The summed E-state index contributed by atoms with van der Waals surface area (Å²) in [5.74, 6) is -0.307. The summed E-state index contributed by atoms with van der Waals surface area (Å²) >= 11 is 5.99. The van der Waals surface area contributed by atoms with Gasteiger partial charge in [0.2, 0.25) is 0 Å². The van der Waals surface area contributed by atoms with Gasteiger partial charge < -0.3 is 4.74 Å². The fourth-order valence-corrected chi connectivity index (χ4v) is 2.16. The molecule has 0 saturated heterocycles. The molecule has 0 aliphatic heterocycles. The van der Waals surface area contributed by atoms with Crippen LogP contribution in [0.4, 0.5) is 13.2 Å². The van der Waals surface area contributed by atoms with Gasteiger partial charge in [-0.3, -0.25) is 0 Å². The normalized spacial score (nSPS) is 11.9. The fraction of sp³-hybridized carbons (Fsp3) is 0.143. The van der Waals surface area contributed by atoms with Crippen molar-refractivity contribution in [2.75, 3.05) is 0 Å². The first-order valence-electron chi connectivity index (χ1n) is 6.20. The predicted octanol–water partition coefficient (Wildman–Crippen LogP) is 4.26. The zero-order chi connectivity index (χ0) is 15.9. The van der Waals surface area contributed by atoms with Crippen molar-refractivity contribution < 1.29 is 17.9 Å². The molecule has 0 radical (unpaired) electrons. The Labute approximate surface area is 128 Å². The quantitative estimate of drug-likeness (QED) is 0.706. The fourth-order valence-electron chi connectivity index (χ4n) is 2.03. The van der Waals surface area contributed by atoms with Crippen molar-refractivity contribution in [2.45, 2.75) is 13.3 Å². The highest BCUT2D eigenvalue weighted by molar-refractivity contribution is 6.30. The molecular formula is C14H9ClF3N3O. The van der Waals surface area contributed by atoms with Crippen LogP contribution in [0.15, 0.2) is 36.5 Å². The number of benzene rings is 1. The summed E-state index contributed by atoms with van der Waals surface area (Å²) in [4.78, 5) is 4.18. The van der Waals surface area contributed by atoms with Crippen molar-refractivity contribution in [3.8, 4) is 17.0 Å². The van der Waals surface area contributed by atoms with E-state index in [4.69, 9.17) is 11.6 Å². The van der Waals surface area contributed by atoms with Crippen LogP contribution in [0.2, 0.25) is 5.15 Å². The number of hydrogen-bond acceptors (Lipinski definition) is 3. The Hall–Kier alpha value is -2.28. The maximum atomic E-state index is 12.3. The number of imidazole rings is 1. The monoisotopic (exact) mass is 327 g/mol. The van der Waals surface area contributed by atoms with Crippen LogP contribution in [0.25, 0.3) is 16.9 Å². The smallest absolute Gasteiger partial charge is 0.406 e. The lowest BCUT2D eigenvalue weighted by atomic mass is 10.1. The Morgan fingerprint density at radius 3 is 2.73 bits per heavy atom. The Morgan fingerprint density at radius 1 is 1.23 bits per heavy atom. The molecule has 0 unspecified atom stereocenters. The molecule has 2 heterocycles. The van der Waals surface area contributed by atoms with Gasteiger partial charge in [0.1, 0.15) is 5.75 Å². The number of alkyl halides is 3. The van der Waals surface area contributed by atoms with Gasteiger partial charge in [-0.2, -0.15) is 5.10 Å². The summed E-state index contributed by atoms with van der Waals surface area (Å²) in [6, 6.07) is 7.35. The maximum absolute atomic E-state index is 12.3. The van der Waals surface area contributed by atoms with Crippen molar-refractivity contribution in [1.82, 2.24) is 14.6 Å². The van der Waals surface area contributed by atoms with E-state index < -0.39 is 6.36 Å². The SMILES string of the molecule is Cc1cc2ncc(-c3cccc(OC(F)(F)F)c3)n2nc1Cl. The van der Waals surface area contributed by atoms with Gasteiger partial charge in [0.25, 0.3) is 0 Å². The van der Waals surface area contributed by atoms with Gasteiger partial charge in [0.05, 0.1) is 11.9 Å². The molecule has 22 heavy (non-hydrogen) atoms. The molecule has 4 nitrogen and oxygen atoms in total. The molecular weight excluding hydrogens is 319 g/mol. The van der Waals surface area contributed by atoms with Crippen molar-refractivity contribution in [2.24, 2.45) is 0 Å². The van der Waals surface area contributed by atoms with Gasteiger partial charge in [-0.05, 0) is 30.7 Å². The van der Waals surface area contributed by atoms with Crippen LogP contribution in [0.1, 0.15) is 5.56 Å². The molecule has 114 valence electrons. The Balaban J connectivity index is 2.08. The summed E-state index contributed by atoms with van der Waals surface area (Å²) in [5.41, 5.74) is 2.32. The third-order valence-corrected chi connectivity index (χ3v) is 3.36. The Morgan fingerprint density at radius 2 is 2.00 bits per heavy atom. The van der Waals surface area contributed by atoms with E-state index in [-0.39, 0.29) is 5.75 Å². The minimum absolute atomic E-state index is 0.300. The average Bonchev–Trinajstić information content (AvgIpc) is 2.80. The van der Waals surface area contributed by atoms with Crippen LogP contribution in [-0.2, 0) is 0 Å². The summed E-state index contributed by atoms with van der Waals surface area (Å²) in [5, 5.41) is 4.47. The zero-order valence-corrected chi connectivity index (χ0v) is 12.0.